The smallest absolute Gasteiger partial charge is 0.255 e. The SMILES string of the molecule is Cc1noc(C)c1CC(=O)N(CCO)CC(F)F. The molecule has 0 radical (unpaired) electrons. The summed E-state index contributed by atoms with van der Waals surface area (Å²) in [6, 6.07) is 0. The van der Waals surface area contributed by atoms with Gasteiger partial charge in [-0.2, -0.15) is 0 Å². The average Bonchev–Trinajstić information content (AvgIpc) is 2.59. The van der Waals surface area contributed by atoms with E-state index >= 15 is 0 Å². The quantitative estimate of drug-likeness (QED) is 0.828. The summed E-state index contributed by atoms with van der Waals surface area (Å²) in [5, 5.41) is 12.5. The van der Waals surface area contributed by atoms with Crippen molar-refractivity contribution >= 4 is 5.91 Å². The van der Waals surface area contributed by atoms with Gasteiger partial charge in [-0.25, -0.2) is 8.78 Å². The van der Waals surface area contributed by atoms with Crippen LogP contribution < -0.4 is 0 Å². The first kappa shape index (κ1) is 14.6. The molecule has 1 amide bonds. The van der Waals surface area contributed by atoms with E-state index in [2.05, 4.69) is 5.16 Å². The van der Waals surface area contributed by atoms with Crippen LogP contribution in [0.1, 0.15) is 17.0 Å². The van der Waals surface area contributed by atoms with Crippen LogP contribution in [0.2, 0.25) is 0 Å². The van der Waals surface area contributed by atoms with Gasteiger partial charge in [0.2, 0.25) is 5.91 Å². The minimum atomic E-state index is -2.62. The largest absolute Gasteiger partial charge is 0.395 e. The molecule has 1 aromatic heterocycles. The molecule has 0 saturated carbocycles. The van der Waals surface area contributed by atoms with Gasteiger partial charge in [-0.05, 0) is 13.8 Å². The highest BCUT2D eigenvalue weighted by atomic mass is 19.3. The fourth-order valence-corrected chi connectivity index (χ4v) is 1.62. The van der Waals surface area contributed by atoms with Crippen LogP contribution in [0.4, 0.5) is 8.78 Å². The Morgan fingerprint density at radius 3 is 2.61 bits per heavy atom. The standard InChI is InChI=1S/C11H16F2N2O3/c1-7-9(8(2)18-14-7)5-11(17)15(3-4-16)6-10(12)13/h10,16H,3-6H2,1-2H3. The van der Waals surface area contributed by atoms with Gasteiger partial charge in [-0.1, -0.05) is 5.16 Å². The summed E-state index contributed by atoms with van der Waals surface area (Å²) < 4.78 is 29.5. The Kier molecular flexibility index (Phi) is 5.21. The predicted molar refractivity (Wildman–Crippen MR) is 59.4 cm³/mol. The van der Waals surface area contributed by atoms with Crippen LogP contribution >= 0.6 is 0 Å². The summed E-state index contributed by atoms with van der Waals surface area (Å²) in [4.78, 5) is 12.8. The summed E-state index contributed by atoms with van der Waals surface area (Å²) in [6.45, 7) is 2.21. The molecule has 0 saturated heterocycles. The Bertz CT molecular complexity index is 387. The first-order valence-corrected chi connectivity index (χ1v) is 5.54. The lowest BCUT2D eigenvalue weighted by molar-refractivity contribution is -0.133. The summed E-state index contributed by atoms with van der Waals surface area (Å²) in [6.07, 6.45) is -2.67. The number of rotatable bonds is 6. The molecule has 7 heteroatoms. The predicted octanol–water partition coefficient (Wildman–Crippen LogP) is 0.920. The fourth-order valence-electron chi connectivity index (χ4n) is 1.62. The number of hydrogen-bond donors (Lipinski definition) is 1. The lowest BCUT2D eigenvalue weighted by atomic mass is 10.1. The Morgan fingerprint density at radius 1 is 1.50 bits per heavy atom. The lowest BCUT2D eigenvalue weighted by Gasteiger charge is -2.21. The number of carbonyl (C=O) groups is 1. The number of amides is 1. The van der Waals surface area contributed by atoms with Gasteiger partial charge in [0.05, 0.1) is 25.3 Å². The second-order valence-electron chi connectivity index (χ2n) is 3.93. The molecule has 1 aromatic rings. The number of carbonyl (C=O) groups excluding carboxylic acids is 1. The lowest BCUT2D eigenvalue weighted by Crippen LogP contribution is -2.38. The molecule has 1 N–H and O–H groups in total. The zero-order valence-corrected chi connectivity index (χ0v) is 10.3. The molecule has 1 rings (SSSR count). The van der Waals surface area contributed by atoms with E-state index in [-0.39, 0.29) is 19.6 Å². The van der Waals surface area contributed by atoms with Crippen molar-refractivity contribution in [2.24, 2.45) is 0 Å². The molecule has 0 aromatic carbocycles. The van der Waals surface area contributed by atoms with E-state index in [1.807, 2.05) is 0 Å². The highest BCUT2D eigenvalue weighted by molar-refractivity contribution is 5.79. The van der Waals surface area contributed by atoms with Crippen LogP contribution in [0.25, 0.3) is 0 Å². The molecule has 0 fully saturated rings. The molecule has 0 atom stereocenters. The highest BCUT2D eigenvalue weighted by Gasteiger charge is 2.21. The van der Waals surface area contributed by atoms with Gasteiger partial charge in [0.1, 0.15) is 5.76 Å². The van der Waals surface area contributed by atoms with Crippen molar-refractivity contribution in [3.05, 3.63) is 17.0 Å². The van der Waals surface area contributed by atoms with Crippen molar-refractivity contribution < 1.29 is 23.2 Å². The van der Waals surface area contributed by atoms with Gasteiger partial charge >= 0.3 is 0 Å². The number of aliphatic hydroxyl groups is 1. The number of aryl methyl sites for hydroxylation is 2. The third kappa shape index (κ3) is 3.76. The molecule has 0 aliphatic carbocycles. The van der Waals surface area contributed by atoms with Gasteiger partial charge < -0.3 is 14.5 Å². The topological polar surface area (TPSA) is 66.6 Å². The number of nitrogens with zero attached hydrogens (tertiary/aromatic N) is 2. The normalized spacial score (nSPS) is 11.0. The van der Waals surface area contributed by atoms with Crippen LogP contribution in [0, 0.1) is 13.8 Å². The van der Waals surface area contributed by atoms with Gasteiger partial charge in [0, 0.05) is 12.1 Å². The Balaban J connectivity index is 2.72. The van der Waals surface area contributed by atoms with E-state index in [9.17, 15) is 13.6 Å². The van der Waals surface area contributed by atoms with E-state index < -0.39 is 18.9 Å². The molecule has 0 unspecified atom stereocenters. The molecule has 0 spiro atoms. The Hall–Kier alpha value is -1.50. The summed E-state index contributed by atoms with van der Waals surface area (Å²) >= 11 is 0. The van der Waals surface area contributed by atoms with Crippen molar-refractivity contribution in [3.8, 4) is 0 Å². The minimum absolute atomic E-state index is 0.0477. The van der Waals surface area contributed by atoms with E-state index in [4.69, 9.17) is 9.63 Å². The van der Waals surface area contributed by atoms with Crippen LogP contribution in [0.5, 0.6) is 0 Å². The van der Waals surface area contributed by atoms with Crippen LogP contribution in [-0.4, -0.2) is 47.2 Å². The molecule has 18 heavy (non-hydrogen) atoms. The van der Waals surface area contributed by atoms with Crippen molar-refractivity contribution in [1.82, 2.24) is 10.1 Å². The van der Waals surface area contributed by atoms with E-state index in [0.29, 0.717) is 17.0 Å². The number of alkyl halides is 2. The van der Waals surface area contributed by atoms with Crippen LogP contribution in [-0.2, 0) is 11.2 Å². The van der Waals surface area contributed by atoms with Crippen molar-refractivity contribution in [2.75, 3.05) is 19.7 Å². The van der Waals surface area contributed by atoms with Crippen LogP contribution in [0.15, 0.2) is 4.52 Å². The average molecular weight is 262 g/mol. The molecule has 0 bridgehead atoms. The van der Waals surface area contributed by atoms with Crippen molar-refractivity contribution in [2.45, 2.75) is 26.7 Å². The fraction of sp³-hybridized carbons (Fsp3) is 0.636. The molecule has 5 nitrogen and oxygen atoms in total. The van der Waals surface area contributed by atoms with E-state index in [1.165, 1.54) is 0 Å². The molecule has 0 aliphatic heterocycles. The maximum atomic E-state index is 12.3. The summed E-state index contributed by atoms with van der Waals surface area (Å²) in [5.74, 6) is 0.0283. The zero-order chi connectivity index (χ0) is 13.7. The summed E-state index contributed by atoms with van der Waals surface area (Å²) in [5.41, 5.74) is 1.18. The minimum Gasteiger partial charge on any atom is -0.395 e. The van der Waals surface area contributed by atoms with Crippen molar-refractivity contribution in [3.63, 3.8) is 0 Å². The number of aromatic nitrogens is 1. The Labute approximate surface area is 103 Å². The zero-order valence-electron chi connectivity index (χ0n) is 10.3. The molecule has 0 aliphatic rings. The monoisotopic (exact) mass is 262 g/mol. The molecule has 1 heterocycles. The molecule has 102 valence electrons. The Morgan fingerprint density at radius 2 is 2.17 bits per heavy atom. The van der Waals surface area contributed by atoms with Gasteiger partial charge in [0.15, 0.2) is 0 Å². The third-order valence-electron chi connectivity index (χ3n) is 2.59. The van der Waals surface area contributed by atoms with E-state index in [1.54, 1.807) is 13.8 Å². The molecular weight excluding hydrogens is 246 g/mol. The number of halogens is 2. The second kappa shape index (κ2) is 6.44. The second-order valence-corrected chi connectivity index (χ2v) is 3.93. The third-order valence-corrected chi connectivity index (χ3v) is 2.59. The number of hydrogen-bond acceptors (Lipinski definition) is 4. The van der Waals surface area contributed by atoms with Gasteiger partial charge in [-0.3, -0.25) is 4.79 Å². The first-order valence-electron chi connectivity index (χ1n) is 5.54. The number of aliphatic hydroxyl groups excluding tert-OH is 1. The van der Waals surface area contributed by atoms with Crippen molar-refractivity contribution in [1.29, 1.82) is 0 Å². The molecular formula is C11H16F2N2O3. The van der Waals surface area contributed by atoms with Crippen LogP contribution in [0.3, 0.4) is 0 Å². The van der Waals surface area contributed by atoms with E-state index in [0.717, 1.165) is 4.90 Å². The summed E-state index contributed by atoms with van der Waals surface area (Å²) in [7, 11) is 0. The maximum absolute atomic E-state index is 12.3. The highest BCUT2D eigenvalue weighted by Crippen LogP contribution is 2.14. The van der Waals surface area contributed by atoms with Gasteiger partial charge in [0.25, 0.3) is 6.43 Å². The van der Waals surface area contributed by atoms with Gasteiger partial charge in [-0.15, -0.1) is 0 Å². The maximum Gasteiger partial charge on any atom is 0.255 e. The first-order chi connectivity index (χ1) is 8.45.